The summed E-state index contributed by atoms with van der Waals surface area (Å²) in [5.41, 5.74) is 0.894. The van der Waals surface area contributed by atoms with Crippen LogP contribution in [0.15, 0.2) is 46.8 Å². The van der Waals surface area contributed by atoms with Crippen LogP contribution >= 0.6 is 11.6 Å². The maximum atomic E-state index is 12.9. The molecule has 0 aromatic heterocycles. The zero-order valence-corrected chi connectivity index (χ0v) is 17.3. The molecular weight excluding hydrogens is 400 g/mol. The molecule has 1 aliphatic rings. The molecule has 156 valence electrons. The summed E-state index contributed by atoms with van der Waals surface area (Å²) in [4.78, 5) is 35.5. The monoisotopic (exact) mass is 422 g/mol. The van der Waals surface area contributed by atoms with E-state index in [2.05, 4.69) is 5.32 Å². The van der Waals surface area contributed by atoms with Gasteiger partial charge in [-0.15, -0.1) is 11.6 Å². The number of carbonyl (C=O) groups excluding carboxylic acids is 1. The Kier molecular flexibility index (Phi) is 7.02. The zero-order chi connectivity index (χ0) is 21.9. The summed E-state index contributed by atoms with van der Waals surface area (Å²) in [7, 11) is 0. The molecule has 1 heterocycles. The molecule has 2 atom stereocenters. The number of halogens is 1. The summed E-state index contributed by atoms with van der Waals surface area (Å²) in [5, 5.41) is 23.5. The van der Waals surface area contributed by atoms with Crippen LogP contribution in [0.2, 0.25) is 0 Å². The Hall–Kier alpha value is -2.87. The molecule has 0 aliphatic carbocycles. The van der Waals surface area contributed by atoms with Crippen molar-refractivity contribution < 1.29 is 24.4 Å². The Balaban J connectivity index is 2.53. The smallest absolute Gasteiger partial charge is 0.336 e. The molecule has 0 saturated carbocycles. The number of carboxylic acid groups (broad SMARTS) is 1. The third-order valence-corrected chi connectivity index (χ3v) is 5.35. The topological polar surface area (TPSA) is 119 Å². The largest absolute Gasteiger partial charge is 0.478 e. The van der Waals surface area contributed by atoms with E-state index in [1.54, 1.807) is 19.9 Å². The van der Waals surface area contributed by atoms with Crippen LogP contribution in [0.4, 0.5) is 5.69 Å². The normalized spacial score (nSPS) is 17.8. The summed E-state index contributed by atoms with van der Waals surface area (Å²) in [5.74, 6) is -2.90. The molecule has 2 rings (SSSR count). The first kappa shape index (κ1) is 22.4. The Morgan fingerprint density at radius 1 is 1.28 bits per heavy atom. The highest BCUT2D eigenvalue weighted by Crippen LogP contribution is 2.39. The highest BCUT2D eigenvalue weighted by atomic mass is 35.5. The molecule has 29 heavy (non-hydrogen) atoms. The third-order valence-electron chi connectivity index (χ3n) is 4.72. The lowest BCUT2D eigenvalue weighted by Crippen LogP contribution is -2.32. The van der Waals surface area contributed by atoms with Gasteiger partial charge in [-0.25, -0.2) is 9.59 Å². The van der Waals surface area contributed by atoms with Gasteiger partial charge in [0, 0.05) is 23.5 Å². The first-order chi connectivity index (χ1) is 13.5. The van der Waals surface area contributed by atoms with Gasteiger partial charge < -0.3 is 15.2 Å². The van der Waals surface area contributed by atoms with E-state index in [1.807, 2.05) is 13.8 Å². The molecular formula is C20H23ClN2O6. The number of allylic oxidation sites excluding steroid dienone is 2. The lowest BCUT2D eigenvalue weighted by Gasteiger charge is -2.29. The van der Waals surface area contributed by atoms with E-state index in [9.17, 15) is 24.8 Å². The van der Waals surface area contributed by atoms with Gasteiger partial charge in [0.15, 0.2) is 0 Å². The fraction of sp³-hybridized carbons (Fsp3) is 0.400. The second-order valence-corrected chi connectivity index (χ2v) is 7.71. The number of carboxylic acids is 1. The van der Waals surface area contributed by atoms with Gasteiger partial charge in [-0.05, 0) is 25.3 Å². The molecule has 8 nitrogen and oxygen atoms in total. The quantitative estimate of drug-likeness (QED) is 0.297. The number of nitrogens with one attached hydrogen (secondary N) is 1. The highest BCUT2D eigenvalue weighted by molar-refractivity contribution is 6.21. The van der Waals surface area contributed by atoms with E-state index in [0.717, 1.165) is 0 Å². The van der Waals surface area contributed by atoms with Crippen molar-refractivity contribution in [3.05, 3.63) is 62.5 Å². The minimum absolute atomic E-state index is 0.0401. The number of hydrogen-bond donors (Lipinski definition) is 2. The standard InChI is InChI=1S/C20H23ClN2O6/c1-10(2)15(21)9-29-20(26)17-12(4)22-11(3)16(19(24)25)18(17)13-6-5-7-14(8-13)23(27)28/h5-8,10,15,18,22H,9H2,1-4H3,(H,24,25). The van der Waals surface area contributed by atoms with Gasteiger partial charge in [0.25, 0.3) is 5.69 Å². The lowest BCUT2D eigenvalue weighted by atomic mass is 9.80. The van der Waals surface area contributed by atoms with Crippen molar-refractivity contribution in [2.45, 2.75) is 39.0 Å². The van der Waals surface area contributed by atoms with Gasteiger partial charge >= 0.3 is 11.9 Å². The minimum atomic E-state index is -1.23. The number of aliphatic carboxylic acids is 1. The molecule has 2 N–H and O–H groups in total. The minimum Gasteiger partial charge on any atom is -0.478 e. The summed E-state index contributed by atoms with van der Waals surface area (Å²) < 4.78 is 5.35. The fourth-order valence-corrected chi connectivity index (χ4v) is 3.19. The van der Waals surface area contributed by atoms with Gasteiger partial charge in [0.05, 0.1) is 27.4 Å². The molecule has 9 heteroatoms. The summed E-state index contributed by atoms with van der Waals surface area (Å²) in [6.07, 6.45) is 0. The maximum absolute atomic E-state index is 12.9. The van der Waals surface area contributed by atoms with Gasteiger partial charge in [-0.1, -0.05) is 26.0 Å². The Morgan fingerprint density at radius 2 is 1.90 bits per heavy atom. The highest BCUT2D eigenvalue weighted by Gasteiger charge is 2.38. The molecule has 0 radical (unpaired) electrons. The van der Waals surface area contributed by atoms with Crippen LogP contribution < -0.4 is 5.32 Å². The number of esters is 1. The Morgan fingerprint density at radius 3 is 2.45 bits per heavy atom. The van der Waals surface area contributed by atoms with Gasteiger partial charge in [0.1, 0.15) is 6.61 Å². The van der Waals surface area contributed by atoms with Crippen LogP contribution in [0.5, 0.6) is 0 Å². The van der Waals surface area contributed by atoms with Crippen molar-refractivity contribution in [1.29, 1.82) is 0 Å². The van der Waals surface area contributed by atoms with Crippen LogP contribution in [-0.4, -0.2) is 34.0 Å². The van der Waals surface area contributed by atoms with Crippen molar-refractivity contribution in [3.8, 4) is 0 Å². The van der Waals surface area contributed by atoms with Crippen LogP contribution in [-0.2, 0) is 14.3 Å². The number of alkyl halides is 1. The van der Waals surface area contributed by atoms with E-state index >= 15 is 0 Å². The SMILES string of the molecule is CC1=C(C(=O)O)C(c2cccc([N+](=O)[O-])c2)C(C(=O)OCC(Cl)C(C)C)=C(C)N1. The second kappa shape index (κ2) is 9.09. The molecule has 0 amide bonds. The number of hydrogen-bond acceptors (Lipinski definition) is 6. The number of nitro benzene ring substituents is 1. The lowest BCUT2D eigenvalue weighted by molar-refractivity contribution is -0.384. The van der Waals surface area contributed by atoms with E-state index in [1.165, 1.54) is 18.2 Å². The Bertz CT molecular complexity index is 906. The van der Waals surface area contributed by atoms with E-state index < -0.39 is 28.2 Å². The average Bonchev–Trinajstić information content (AvgIpc) is 2.64. The van der Waals surface area contributed by atoms with Crippen LogP contribution in [0.3, 0.4) is 0 Å². The van der Waals surface area contributed by atoms with Crippen LogP contribution in [0.25, 0.3) is 0 Å². The van der Waals surface area contributed by atoms with Crippen molar-refractivity contribution >= 4 is 29.2 Å². The molecule has 0 saturated heterocycles. The number of dihydropyridines is 1. The number of benzene rings is 1. The number of rotatable bonds is 7. The number of ether oxygens (including phenoxy) is 1. The number of non-ortho nitro benzene ring substituents is 1. The van der Waals surface area contributed by atoms with E-state index in [-0.39, 0.29) is 29.4 Å². The first-order valence-electron chi connectivity index (χ1n) is 9.02. The summed E-state index contributed by atoms with van der Waals surface area (Å²) in [6.45, 7) is 6.94. The zero-order valence-electron chi connectivity index (χ0n) is 16.6. The molecule has 0 spiro atoms. The first-order valence-corrected chi connectivity index (χ1v) is 9.45. The fourth-order valence-electron chi connectivity index (χ4n) is 3.12. The number of nitrogens with zero attached hydrogens (tertiary/aromatic N) is 1. The Labute approximate surface area is 173 Å². The third kappa shape index (κ3) is 4.95. The summed E-state index contributed by atoms with van der Waals surface area (Å²) in [6, 6.07) is 5.58. The van der Waals surface area contributed by atoms with Crippen molar-refractivity contribution in [3.63, 3.8) is 0 Å². The second-order valence-electron chi connectivity index (χ2n) is 7.15. The predicted octanol–water partition coefficient (Wildman–Crippen LogP) is 3.72. The molecule has 1 aromatic carbocycles. The predicted molar refractivity (Wildman–Crippen MR) is 107 cm³/mol. The molecule has 2 unspecified atom stereocenters. The van der Waals surface area contributed by atoms with Gasteiger partial charge in [-0.3, -0.25) is 10.1 Å². The van der Waals surface area contributed by atoms with Crippen molar-refractivity contribution in [1.82, 2.24) is 5.32 Å². The molecule has 1 aliphatic heterocycles. The number of nitro groups is 1. The molecule has 0 fully saturated rings. The summed E-state index contributed by atoms with van der Waals surface area (Å²) >= 11 is 6.16. The van der Waals surface area contributed by atoms with Crippen molar-refractivity contribution in [2.24, 2.45) is 5.92 Å². The van der Waals surface area contributed by atoms with Gasteiger partial charge in [-0.2, -0.15) is 0 Å². The van der Waals surface area contributed by atoms with Crippen molar-refractivity contribution in [2.75, 3.05) is 6.61 Å². The van der Waals surface area contributed by atoms with E-state index in [4.69, 9.17) is 16.3 Å². The average molecular weight is 423 g/mol. The van der Waals surface area contributed by atoms with Crippen LogP contribution in [0.1, 0.15) is 39.2 Å². The molecule has 0 bridgehead atoms. The van der Waals surface area contributed by atoms with E-state index in [0.29, 0.717) is 17.0 Å². The van der Waals surface area contributed by atoms with Gasteiger partial charge in [0.2, 0.25) is 0 Å². The number of carbonyl (C=O) groups is 2. The molecule has 1 aromatic rings. The van der Waals surface area contributed by atoms with Crippen LogP contribution in [0, 0.1) is 16.0 Å². The maximum Gasteiger partial charge on any atom is 0.336 e.